The van der Waals surface area contributed by atoms with Crippen LogP contribution < -0.4 is 5.56 Å². The number of hydrogen-bond acceptors (Lipinski definition) is 4. The minimum absolute atomic E-state index is 0.186. The summed E-state index contributed by atoms with van der Waals surface area (Å²) in [6, 6.07) is 6.63. The molecule has 1 unspecified atom stereocenters. The molecule has 2 aromatic heterocycles. The van der Waals surface area contributed by atoms with E-state index in [0.717, 1.165) is 12.1 Å². The van der Waals surface area contributed by atoms with E-state index in [1.54, 1.807) is 19.9 Å². The van der Waals surface area contributed by atoms with Crippen molar-refractivity contribution in [1.29, 1.82) is 0 Å². The number of aromatic amines is 1. The lowest BCUT2D eigenvalue weighted by molar-refractivity contribution is 0.0341. The Hall–Kier alpha value is -3.09. The van der Waals surface area contributed by atoms with Crippen LogP contribution in [0.15, 0.2) is 41.3 Å². The molecule has 3 rings (SSSR count). The Balaban J connectivity index is 1.79. The van der Waals surface area contributed by atoms with Crippen molar-refractivity contribution in [1.82, 2.24) is 9.97 Å². The molecule has 0 amide bonds. The van der Waals surface area contributed by atoms with Crippen molar-refractivity contribution in [2.45, 2.75) is 26.4 Å². The number of esters is 1. The second kappa shape index (κ2) is 7.03. The summed E-state index contributed by atoms with van der Waals surface area (Å²) >= 11 is 0. The molecule has 134 valence electrons. The first-order chi connectivity index (χ1) is 12.3. The van der Waals surface area contributed by atoms with E-state index in [0.29, 0.717) is 22.2 Å². The standard InChI is InChI=1S/C19H16F2N2O3/c1-10(7-12-3-4-15(20)16(21)8-12)26-19(25)13-9-14-17(23-11(13)2)5-6-22-18(14)24/h3-6,8-10H,7H2,1-2H3,(H,22,24). The van der Waals surface area contributed by atoms with Gasteiger partial charge in [-0.15, -0.1) is 0 Å². The highest BCUT2D eigenvalue weighted by Gasteiger charge is 2.18. The van der Waals surface area contributed by atoms with Crippen LogP contribution in [0.5, 0.6) is 0 Å². The van der Waals surface area contributed by atoms with Crippen LogP contribution in [0.25, 0.3) is 10.9 Å². The monoisotopic (exact) mass is 358 g/mol. The molecule has 0 saturated heterocycles. The van der Waals surface area contributed by atoms with E-state index in [1.807, 2.05) is 0 Å². The van der Waals surface area contributed by atoms with Crippen molar-refractivity contribution >= 4 is 16.9 Å². The van der Waals surface area contributed by atoms with Crippen LogP contribution in [0.2, 0.25) is 0 Å². The van der Waals surface area contributed by atoms with E-state index < -0.39 is 23.7 Å². The van der Waals surface area contributed by atoms with Gasteiger partial charge in [-0.3, -0.25) is 9.78 Å². The summed E-state index contributed by atoms with van der Waals surface area (Å²) in [4.78, 5) is 31.1. The van der Waals surface area contributed by atoms with Gasteiger partial charge in [0.15, 0.2) is 11.6 Å². The summed E-state index contributed by atoms with van der Waals surface area (Å²) in [6.45, 7) is 3.30. The highest BCUT2D eigenvalue weighted by atomic mass is 19.2. The third kappa shape index (κ3) is 3.61. The van der Waals surface area contributed by atoms with Gasteiger partial charge in [-0.1, -0.05) is 6.07 Å². The van der Waals surface area contributed by atoms with Gasteiger partial charge in [-0.2, -0.15) is 0 Å². The van der Waals surface area contributed by atoms with Gasteiger partial charge in [0.25, 0.3) is 5.56 Å². The predicted molar refractivity (Wildman–Crippen MR) is 92.0 cm³/mol. The average molecular weight is 358 g/mol. The second-order valence-electron chi connectivity index (χ2n) is 6.03. The molecule has 0 spiro atoms. The Kier molecular flexibility index (Phi) is 4.79. The quantitative estimate of drug-likeness (QED) is 0.727. The number of halogens is 2. The summed E-state index contributed by atoms with van der Waals surface area (Å²) in [7, 11) is 0. The molecule has 1 aromatic carbocycles. The van der Waals surface area contributed by atoms with E-state index >= 15 is 0 Å². The Labute approximate surface area is 147 Å². The molecular formula is C19H16F2N2O3. The predicted octanol–water partition coefficient (Wildman–Crippen LogP) is 3.30. The Morgan fingerprint density at radius 1 is 1.23 bits per heavy atom. The SMILES string of the molecule is Cc1nc2cc[nH]c(=O)c2cc1C(=O)OC(C)Cc1ccc(F)c(F)c1. The van der Waals surface area contributed by atoms with Crippen LogP contribution in [-0.2, 0) is 11.2 Å². The van der Waals surface area contributed by atoms with E-state index in [2.05, 4.69) is 9.97 Å². The van der Waals surface area contributed by atoms with Crippen molar-refractivity contribution in [3.63, 3.8) is 0 Å². The Morgan fingerprint density at radius 3 is 2.73 bits per heavy atom. The van der Waals surface area contributed by atoms with Gasteiger partial charge >= 0.3 is 5.97 Å². The molecule has 3 aromatic rings. The van der Waals surface area contributed by atoms with Crippen molar-refractivity contribution < 1.29 is 18.3 Å². The van der Waals surface area contributed by atoms with Crippen molar-refractivity contribution in [3.8, 4) is 0 Å². The van der Waals surface area contributed by atoms with Crippen molar-refractivity contribution in [3.05, 3.63) is 75.3 Å². The first kappa shape index (κ1) is 17.7. The molecule has 1 atom stereocenters. The number of aromatic nitrogens is 2. The van der Waals surface area contributed by atoms with Crippen LogP contribution in [-0.4, -0.2) is 22.0 Å². The van der Waals surface area contributed by atoms with E-state index in [1.165, 1.54) is 18.3 Å². The molecule has 26 heavy (non-hydrogen) atoms. The summed E-state index contributed by atoms with van der Waals surface area (Å²) < 4.78 is 31.6. The number of rotatable bonds is 4. The molecule has 0 bridgehead atoms. The Morgan fingerprint density at radius 2 is 2.00 bits per heavy atom. The van der Waals surface area contributed by atoms with Gasteiger partial charge in [0.2, 0.25) is 0 Å². The topological polar surface area (TPSA) is 72.0 Å². The van der Waals surface area contributed by atoms with E-state index in [9.17, 15) is 18.4 Å². The number of ether oxygens (including phenoxy) is 1. The summed E-state index contributed by atoms with van der Waals surface area (Å²) in [5.74, 6) is -2.51. The van der Waals surface area contributed by atoms with Crippen LogP contribution in [0, 0.1) is 18.6 Å². The van der Waals surface area contributed by atoms with Gasteiger partial charge < -0.3 is 9.72 Å². The highest BCUT2D eigenvalue weighted by molar-refractivity contribution is 5.94. The number of benzene rings is 1. The molecule has 7 heteroatoms. The zero-order chi connectivity index (χ0) is 18.8. The maximum atomic E-state index is 13.3. The van der Waals surface area contributed by atoms with Gasteiger partial charge in [0.05, 0.1) is 22.2 Å². The lowest BCUT2D eigenvalue weighted by Gasteiger charge is -2.14. The first-order valence-electron chi connectivity index (χ1n) is 7.99. The van der Waals surface area contributed by atoms with E-state index in [-0.39, 0.29) is 17.5 Å². The van der Waals surface area contributed by atoms with Gasteiger partial charge in [0, 0.05) is 12.6 Å². The fourth-order valence-electron chi connectivity index (χ4n) is 2.70. The van der Waals surface area contributed by atoms with Crippen LogP contribution in [0.1, 0.15) is 28.5 Å². The number of nitrogens with zero attached hydrogens (tertiary/aromatic N) is 1. The smallest absolute Gasteiger partial charge is 0.340 e. The number of aryl methyl sites for hydroxylation is 1. The fourth-order valence-corrected chi connectivity index (χ4v) is 2.70. The molecule has 0 aliphatic rings. The number of fused-ring (bicyclic) bond motifs is 1. The number of carbonyl (C=O) groups is 1. The fraction of sp³-hybridized carbons (Fsp3) is 0.211. The van der Waals surface area contributed by atoms with Gasteiger partial charge in [0.1, 0.15) is 6.10 Å². The average Bonchev–Trinajstić information content (AvgIpc) is 2.57. The zero-order valence-electron chi connectivity index (χ0n) is 14.2. The number of nitrogens with one attached hydrogen (secondary N) is 1. The molecule has 0 saturated carbocycles. The number of hydrogen-bond donors (Lipinski definition) is 1. The van der Waals surface area contributed by atoms with Crippen LogP contribution in [0.4, 0.5) is 8.78 Å². The van der Waals surface area contributed by atoms with Crippen molar-refractivity contribution in [2.75, 3.05) is 0 Å². The lowest BCUT2D eigenvalue weighted by atomic mass is 10.1. The maximum absolute atomic E-state index is 13.3. The minimum atomic E-state index is -0.949. The highest BCUT2D eigenvalue weighted by Crippen LogP contribution is 2.16. The molecule has 2 heterocycles. The normalized spacial score (nSPS) is 12.2. The lowest BCUT2D eigenvalue weighted by Crippen LogP contribution is -2.19. The molecule has 0 radical (unpaired) electrons. The number of pyridine rings is 2. The first-order valence-corrected chi connectivity index (χ1v) is 7.99. The maximum Gasteiger partial charge on any atom is 0.340 e. The number of carbonyl (C=O) groups excluding carboxylic acids is 1. The number of H-pyrrole nitrogens is 1. The zero-order valence-corrected chi connectivity index (χ0v) is 14.2. The van der Waals surface area contributed by atoms with Crippen LogP contribution >= 0.6 is 0 Å². The molecule has 1 N–H and O–H groups in total. The Bertz CT molecular complexity index is 1050. The summed E-state index contributed by atoms with van der Waals surface area (Å²) in [6.07, 6.45) is 1.14. The van der Waals surface area contributed by atoms with Gasteiger partial charge in [-0.25, -0.2) is 13.6 Å². The largest absolute Gasteiger partial charge is 0.459 e. The molecular weight excluding hydrogens is 342 g/mol. The molecule has 0 fully saturated rings. The molecule has 5 nitrogen and oxygen atoms in total. The molecule has 0 aliphatic heterocycles. The summed E-state index contributed by atoms with van der Waals surface area (Å²) in [5, 5.41) is 0.290. The molecule has 0 aliphatic carbocycles. The van der Waals surface area contributed by atoms with Crippen LogP contribution in [0.3, 0.4) is 0 Å². The van der Waals surface area contributed by atoms with Gasteiger partial charge in [-0.05, 0) is 43.7 Å². The second-order valence-corrected chi connectivity index (χ2v) is 6.03. The summed E-state index contributed by atoms with van der Waals surface area (Å²) in [5.41, 5.74) is 1.27. The third-order valence-electron chi connectivity index (χ3n) is 3.98. The van der Waals surface area contributed by atoms with Crippen molar-refractivity contribution in [2.24, 2.45) is 0 Å². The third-order valence-corrected chi connectivity index (χ3v) is 3.98. The van der Waals surface area contributed by atoms with E-state index in [4.69, 9.17) is 4.74 Å². The minimum Gasteiger partial charge on any atom is -0.459 e.